The predicted octanol–water partition coefficient (Wildman–Crippen LogP) is 3.33. The molecule has 3 nitrogen and oxygen atoms in total. The molecule has 0 aliphatic heterocycles. The monoisotopic (exact) mass is 293 g/mol. The summed E-state index contributed by atoms with van der Waals surface area (Å²) in [6.45, 7) is 5.02. The highest BCUT2D eigenvalue weighted by Crippen LogP contribution is 2.18. The molecule has 2 aromatic rings. The first-order chi connectivity index (χ1) is 8.16. The van der Waals surface area contributed by atoms with Crippen LogP contribution in [0.1, 0.15) is 29.9 Å². The summed E-state index contributed by atoms with van der Waals surface area (Å²) in [5.41, 5.74) is 2.52. The number of benzene rings is 1. The van der Waals surface area contributed by atoms with Crippen LogP contribution >= 0.6 is 15.9 Å². The van der Waals surface area contributed by atoms with Crippen molar-refractivity contribution in [3.8, 4) is 0 Å². The lowest BCUT2D eigenvalue weighted by molar-refractivity contribution is 0.551. The maximum absolute atomic E-state index is 4.23. The zero-order valence-electron chi connectivity index (χ0n) is 10.00. The van der Waals surface area contributed by atoms with E-state index < -0.39 is 0 Å². The predicted molar refractivity (Wildman–Crippen MR) is 72.7 cm³/mol. The Morgan fingerprint density at radius 2 is 2.29 bits per heavy atom. The summed E-state index contributed by atoms with van der Waals surface area (Å²) in [5, 5.41) is 3.43. The van der Waals surface area contributed by atoms with Crippen molar-refractivity contribution in [1.29, 1.82) is 0 Å². The van der Waals surface area contributed by atoms with Crippen molar-refractivity contribution in [2.45, 2.75) is 26.4 Å². The Hall–Kier alpha value is -1.13. The first-order valence-electron chi connectivity index (χ1n) is 5.64. The minimum atomic E-state index is 0.227. The van der Waals surface area contributed by atoms with Crippen molar-refractivity contribution in [1.82, 2.24) is 15.3 Å². The van der Waals surface area contributed by atoms with Gasteiger partial charge < -0.3 is 10.3 Å². The Balaban J connectivity index is 1.96. The highest BCUT2D eigenvalue weighted by molar-refractivity contribution is 9.10. The number of hydrogen-bond donors (Lipinski definition) is 2. The Morgan fingerprint density at radius 1 is 1.47 bits per heavy atom. The van der Waals surface area contributed by atoms with Crippen LogP contribution in [0.5, 0.6) is 0 Å². The van der Waals surface area contributed by atoms with E-state index in [-0.39, 0.29) is 6.04 Å². The fourth-order valence-electron chi connectivity index (χ4n) is 1.63. The molecular formula is C13H16BrN3. The van der Waals surface area contributed by atoms with E-state index in [9.17, 15) is 0 Å². The molecule has 0 bridgehead atoms. The van der Waals surface area contributed by atoms with E-state index in [1.807, 2.05) is 6.20 Å². The van der Waals surface area contributed by atoms with Crippen molar-refractivity contribution in [2.75, 3.05) is 0 Å². The summed E-state index contributed by atoms with van der Waals surface area (Å²) in [6, 6.07) is 6.64. The van der Waals surface area contributed by atoms with Gasteiger partial charge in [0.15, 0.2) is 0 Å². The van der Waals surface area contributed by atoms with Gasteiger partial charge in [0.25, 0.3) is 0 Å². The van der Waals surface area contributed by atoms with Gasteiger partial charge in [0.2, 0.25) is 0 Å². The summed E-state index contributed by atoms with van der Waals surface area (Å²) in [7, 11) is 0. The summed E-state index contributed by atoms with van der Waals surface area (Å²) in [6.07, 6.45) is 3.62. The van der Waals surface area contributed by atoms with Gasteiger partial charge in [-0.3, -0.25) is 0 Å². The van der Waals surface area contributed by atoms with E-state index in [4.69, 9.17) is 0 Å². The average Bonchev–Trinajstić information content (AvgIpc) is 2.84. The van der Waals surface area contributed by atoms with E-state index in [1.54, 1.807) is 6.20 Å². The summed E-state index contributed by atoms with van der Waals surface area (Å²) < 4.78 is 1.16. The van der Waals surface area contributed by atoms with Crippen molar-refractivity contribution in [2.24, 2.45) is 0 Å². The number of halogens is 1. The Kier molecular flexibility index (Phi) is 3.97. The van der Waals surface area contributed by atoms with Gasteiger partial charge in [-0.15, -0.1) is 0 Å². The molecule has 0 fully saturated rings. The van der Waals surface area contributed by atoms with E-state index in [2.05, 4.69) is 63.3 Å². The lowest BCUT2D eigenvalue weighted by atomic mass is 10.1. The van der Waals surface area contributed by atoms with Gasteiger partial charge in [0.1, 0.15) is 5.82 Å². The number of rotatable bonds is 4. The molecule has 0 saturated heterocycles. The number of aryl methyl sites for hydroxylation is 1. The Morgan fingerprint density at radius 3 is 2.94 bits per heavy atom. The zero-order chi connectivity index (χ0) is 12.3. The molecule has 90 valence electrons. The topological polar surface area (TPSA) is 40.7 Å². The van der Waals surface area contributed by atoms with Crippen LogP contribution in [0.2, 0.25) is 0 Å². The van der Waals surface area contributed by atoms with E-state index >= 15 is 0 Å². The van der Waals surface area contributed by atoms with Crippen LogP contribution in [0, 0.1) is 6.92 Å². The largest absolute Gasteiger partial charge is 0.347 e. The highest BCUT2D eigenvalue weighted by atomic mass is 79.9. The number of nitrogens with one attached hydrogen (secondary N) is 2. The Labute approximate surface area is 110 Å². The van der Waals surface area contributed by atoms with Gasteiger partial charge in [0, 0.05) is 23.4 Å². The molecule has 0 saturated carbocycles. The van der Waals surface area contributed by atoms with Gasteiger partial charge in [-0.1, -0.05) is 28.1 Å². The van der Waals surface area contributed by atoms with Crippen molar-refractivity contribution in [3.05, 3.63) is 52.0 Å². The maximum Gasteiger partial charge on any atom is 0.122 e. The highest BCUT2D eigenvalue weighted by Gasteiger charge is 2.06. The normalized spacial score (nSPS) is 12.6. The number of aromatic nitrogens is 2. The first kappa shape index (κ1) is 12.3. The molecule has 0 radical (unpaired) electrons. The molecule has 1 aromatic heterocycles. The zero-order valence-corrected chi connectivity index (χ0v) is 11.6. The SMILES string of the molecule is Cc1ccc(CNC(C)c2ncc[nH]2)cc1Br. The fraction of sp³-hybridized carbons (Fsp3) is 0.308. The van der Waals surface area contributed by atoms with Gasteiger partial charge in [-0.2, -0.15) is 0 Å². The molecule has 0 aliphatic carbocycles. The molecule has 0 spiro atoms. The number of aromatic amines is 1. The van der Waals surface area contributed by atoms with Crippen LogP contribution < -0.4 is 5.32 Å². The van der Waals surface area contributed by atoms with Gasteiger partial charge in [0.05, 0.1) is 6.04 Å². The summed E-state index contributed by atoms with van der Waals surface area (Å²) >= 11 is 3.55. The number of H-pyrrole nitrogens is 1. The van der Waals surface area contributed by atoms with Crippen LogP contribution in [-0.2, 0) is 6.54 Å². The molecule has 1 aromatic carbocycles. The molecule has 1 heterocycles. The average molecular weight is 294 g/mol. The number of nitrogens with zero attached hydrogens (tertiary/aromatic N) is 1. The molecule has 0 amide bonds. The van der Waals surface area contributed by atoms with Crippen LogP contribution in [0.15, 0.2) is 35.1 Å². The molecule has 2 N–H and O–H groups in total. The lowest BCUT2D eigenvalue weighted by Gasteiger charge is -2.12. The van der Waals surface area contributed by atoms with E-state index in [1.165, 1.54) is 11.1 Å². The molecule has 1 atom stereocenters. The minimum Gasteiger partial charge on any atom is -0.347 e. The number of hydrogen-bond acceptors (Lipinski definition) is 2. The van der Waals surface area contributed by atoms with E-state index in [0.29, 0.717) is 0 Å². The van der Waals surface area contributed by atoms with Crippen molar-refractivity contribution in [3.63, 3.8) is 0 Å². The molecule has 1 unspecified atom stereocenters. The second-order valence-electron chi connectivity index (χ2n) is 4.16. The number of imidazole rings is 1. The van der Waals surface area contributed by atoms with Crippen molar-refractivity contribution < 1.29 is 0 Å². The standard InChI is InChI=1S/C13H16BrN3/c1-9-3-4-11(7-12(9)14)8-17-10(2)13-15-5-6-16-13/h3-7,10,17H,8H2,1-2H3,(H,15,16). The second kappa shape index (κ2) is 5.47. The third kappa shape index (κ3) is 3.17. The maximum atomic E-state index is 4.23. The molecule has 4 heteroatoms. The quantitative estimate of drug-likeness (QED) is 0.908. The van der Waals surface area contributed by atoms with Crippen LogP contribution in [0.4, 0.5) is 0 Å². The van der Waals surface area contributed by atoms with Crippen molar-refractivity contribution >= 4 is 15.9 Å². The molecular weight excluding hydrogens is 278 g/mol. The van der Waals surface area contributed by atoms with Crippen LogP contribution in [-0.4, -0.2) is 9.97 Å². The molecule has 0 aliphatic rings. The minimum absolute atomic E-state index is 0.227. The third-order valence-corrected chi connectivity index (χ3v) is 3.63. The van der Waals surface area contributed by atoms with Crippen LogP contribution in [0.25, 0.3) is 0 Å². The summed E-state index contributed by atoms with van der Waals surface area (Å²) in [4.78, 5) is 7.34. The fourth-order valence-corrected chi connectivity index (χ4v) is 2.05. The smallest absolute Gasteiger partial charge is 0.122 e. The molecule has 2 rings (SSSR count). The van der Waals surface area contributed by atoms with Gasteiger partial charge >= 0.3 is 0 Å². The lowest BCUT2D eigenvalue weighted by Crippen LogP contribution is -2.19. The van der Waals surface area contributed by atoms with Crippen LogP contribution in [0.3, 0.4) is 0 Å². The van der Waals surface area contributed by atoms with Gasteiger partial charge in [-0.25, -0.2) is 4.98 Å². The summed E-state index contributed by atoms with van der Waals surface area (Å²) in [5.74, 6) is 0.969. The van der Waals surface area contributed by atoms with E-state index in [0.717, 1.165) is 16.8 Å². The third-order valence-electron chi connectivity index (χ3n) is 2.78. The second-order valence-corrected chi connectivity index (χ2v) is 5.01. The first-order valence-corrected chi connectivity index (χ1v) is 6.44. The Bertz CT molecular complexity index is 479. The van der Waals surface area contributed by atoms with Gasteiger partial charge in [-0.05, 0) is 31.0 Å². The molecule has 17 heavy (non-hydrogen) atoms.